The van der Waals surface area contributed by atoms with Crippen LogP contribution in [-0.2, 0) is 6.42 Å². The largest absolute Gasteiger partial charge is 0.496 e. The summed E-state index contributed by atoms with van der Waals surface area (Å²) in [6, 6.07) is 12.9. The summed E-state index contributed by atoms with van der Waals surface area (Å²) in [6.45, 7) is 3.83. The number of guanidine groups is 1. The molecule has 1 amide bonds. The zero-order valence-corrected chi connectivity index (χ0v) is 17.3. The molecule has 7 heteroatoms. The number of benzene rings is 2. The van der Waals surface area contributed by atoms with Crippen molar-refractivity contribution >= 4 is 23.5 Å². The zero-order valence-electron chi connectivity index (χ0n) is 16.5. The number of rotatable bonds is 8. The van der Waals surface area contributed by atoms with Gasteiger partial charge in [0.05, 0.1) is 7.11 Å². The summed E-state index contributed by atoms with van der Waals surface area (Å²) in [6.07, 6.45) is 0.818. The minimum absolute atomic E-state index is 0.132. The monoisotopic (exact) mass is 402 g/mol. The van der Waals surface area contributed by atoms with Gasteiger partial charge in [0.2, 0.25) is 0 Å². The van der Waals surface area contributed by atoms with Crippen LogP contribution in [0.1, 0.15) is 21.5 Å². The summed E-state index contributed by atoms with van der Waals surface area (Å²) in [5, 5.41) is 9.92. The summed E-state index contributed by atoms with van der Waals surface area (Å²) in [5.41, 5.74) is 2.94. The summed E-state index contributed by atoms with van der Waals surface area (Å²) in [4.78, 5) is 16.2. The van der Waals surface area contributed by atoms with Crippen LogP contribution in [0.2, 0.25) is 5.02 Å². The number of nitrogens with one attached hydrogen (secondary N) is 3. The number of carbonyl (C=O) groups is 1. The van der Waals surface area contributed by atoms with Gasteiger partial charge in [0.15, 0.2) is 5.96 Å². The first-order chi connectivity index (χ1) is 13.5. The number of aryl methyl sites for hydroxylation is 1. The zero-order chi connectivity index (χ0) is 20.4. The molecule has 0 saturated heterocycles. The van der Waals surface area contributed by atoms with E-state index < -0.39 is 0 Å². The molecule has 0 aliphatic rings. The average Bonchev–Trinajstić information content (AvgIpc) is 2.70. The molecular weight excluding hydrogens is 376 g/mol. The van der Waals surface area contributed by atoms with Crippen LogP contribution in [0.4, 0.5) is 0 Å². The van der Waals surface area contributed by atoms with Crippen LogP contribution in [0.3, 0.4) is 0 Å². The number of aliphatic imine (C=N–C) groups is 1. The van der Waals surface area contributed by atoms with E-state index in [0.29, 0.717) is 29.6 Å². The number of nitrogens with zero attached hydrogens (tertiary/aromatic N) is 1. The minimum Gasteiger partial charge on any atom is -0.496 e. The number of carbonyl (C=O) groups excluding carboxylic acids is 1. The SMILES string of the molecule is CN=C(NCCNC(=O)c1ccc(Cl)cc1)NCCc1cc(C)ccc1OC. The summed E-state index contributed by atoms with van der Waals surface area (Å²) in [7, 11) is 3.40. The molecular formula is C21H27ClN4O2. The molecule has 0 saturated carbocycles. The van der Waals surface area contributed by atoms with Crippen molar-refractivity contribution in [3.05, 3.63) is 64.2 Å². The Balaban J connectivity index is 1.71. The van der Waals surface area contributed by atoms with Crippen LogP contribution < -0.4 is 20.7 Å². The number of halogens is 1. The molecule has 0 aliphatic heterocycles. The van der Waals surface area contributed by atoms with Gasteiger partial charge in [-0.3, -0.25) is 9.79 Å². The van der Waals surface area contributed by atoms with Gasteiger partial charge in [-0.15, -0.1) is 0 Å². The van der Waals surface area contributed by atoms with Crippen molar-refractivity contribution < 1.29 is 9.53 Å². The average molecular weight is 403 g/mol. The molecule has 0 atom stereocenters. The summed E-state index contributed by atoms with van der Waals surface area (Å²) in [5.74, 6) is 1.44. The third kappa shape index (κ3) is 6.78. The molecule has 0 bridgehead atoms. The molecule has 2 aromatic carbocycles. The third-order valence-electron chi connectivity index (χ3n) is 4.16. The first kappa shape index (κ1) is 21.6. The summed E-state index contributed by atoms with van der Waals surface area (Å²) >= 11 is 5.83. The highest BCUT2D eigenvalue weighted by molar-refractivity contribution is 6.30. The number of hydrogen-bond donors (Lipinski definition) is 3. The van der Waals surface area contributed by atoms with Gasteiger partial charge < -0.3 is 20.7 Å². The highest BCUT2D eigenvalue weighted by Gasteiger charge is 2.06. The second-order valence-corrected chi connectivity index (χ2v) is 6.69. The van der Waals surface area contributed by atoms with Gasteiger partial charge in [-0.25, -0.2) is 0 Å². The fourth-order valence-corrected chi connectivity index (χ4v) is 2.83. The van der Waals surface area contributed by atoms with Gasteiger partial charge in [0, 0.05) is 37.3 Å². The maximum Gasteiger partial charge on any atom is 0.251 e. The van der Waals surface area contributed by atoms with E-state index in [0.717, 1.165) is 24.3 Å². The van der Waals surface area contributed by atoms with Gasteiger partial charge in [-0.05, 0) is 49.2 Å². The predicted molar refractivity (Wildman–Crippen MR) is 115 cm³/mol. The second kappa shape index (κ2) is 11.2. The maximum absolute atomic E-state index is 12.0. The standard InChI is InChI=1S/C21H27ClN4O2/c1-15-4-9-19(28-3)17(14-15)10-11-25-21(23-2)26-13-12-24-20(27)16-5-7-18(22)8-6-16/h4-9,14H,10-13H2,1-3H3,(H,24,27)(H2,23,25,26). The molecule has 2 rings (SSSR count). The van der Waals surface area contributed by atoms with Crippen molar-refractivity contribution in [1.29, 1.82) is 0 Å². The Bertz CT molecular complexity index is 807. The fraction of sp³-hybridized carbons (Fsp3) is 0.333. The summed E-state index contributed by atoms with van der Waals surface area (Å²) < 4.78 is 5.41. The maximum atomic E-state index is 12.0. The van der Waals surface area contributed by atoms with E-state index in [9.17, 15) is 4.79 Å². The smallest absolute Gasteiger partial charge is 0.251 e. The first-order valence-corrected chi connectivity index (χ1v) is 9.53. The van der Waals surface area contributed by atoms with Crippen LogP contribution in [0.25, 0.3) is 0 Å². The van der Waals surface area contributed by atoms with Crippen molar-refractivity contribution in [3.63, 3.8) is 0 Å². The second-order valence-electron chi connectivity index (χ2n) is 6.25. The molecule has 28 heavy (non-hydrogen) atoms. The Morgan fingerprint density at radius 3 is 2.39 bits per heavy atom. The molecule has 0 aromatic heterocycles. The molecule has 0 unspecified atom stereocenters. The molecule has 6 nitrogen and oxygen atoms in total. The lowest BCUT2D eigenvalue weighted by atomic mass is 10.1. The topological polar surface area (TPSA) is 74.8 Å². The Morgan fingerprint density at radius 2 is 1.71 bits per heavy atom. The van der Waals surface area contributed by atoms with Crippen LogP contribution in [0.15, 0.2) is 47.5 Å². The van der Waals surface area contributed by atoms with Gasteiger partial charge in [-0.2, -0.15) is 0 Å². The Hall–Kier alpha value is -2.73. The van der Waals surface area contributed by atoms with E-state index in [1.807, 2.05) is 12.1 Å². The van der Waals surface area contributed by atoms with Crippen molar-refractivity contribution in [2.75, 3.05) is 33.8 Å². The lowest BCUT2D eigenvalue weighted by Crippen LogP contribution is -2.42. The number of methoxy groups -OCH3 is 1. The van der Waals surface area contributed by atoms with Gasteiger partial charge in [0.1, 0.15) is 5.75 Å². The molecule has 0 radical (unpaired) electrons. The van der Waals surface area contributed by atoms with Crippen LogP contribution in [0.5, 0.6) is 5.75 Å². The van der Waals surface area contributed by atoms with Crippen molar-refractivity contribution in [1.82, 2.24) is 16.0 Å². The highest BCUT2D eigenvalue weighted by atomic mass is 35.5. The molecule has 2 aromatic rings. The van der Waals surface area contributed by atoms with E-state index in [1.165, 1.54) is 5.56 Å². The first-order valence-electron chi connectivity index (χ1n) is 9.15. The number of amides is 1. The lowest BCUT2D eigenvalue weighted by molar-refractivity contribution is 0.0954. The Kier molecular flexibility index (Phi) is 8.62. The van der Waals surface area contributed by atoms with E-state index in [4.69, 9.17) is 16.3 Å². The molecule has 0 fully saturated rings. The van der Waals surface area contributed by atoms with E-state index in [2.05, 4.69) is 33.9 Å². The van der Waals surface area contributed by atoms with E-state index in [-0.39, 0.29) is 5.91 Å². The van der Waals surface area contributed by atoms with Crippen molar-refractivity contribution in [2.45, 2.75) is 13.3 Å². The lowest BCUT2D eigenvalue weighted by Gasteiger charge is -2.14. The molecule has 0 aliphatic carbocycles. The van der Waals surface area contributed by atoms with E-state index in [1.54, 1.807) is 38.4 Å². The normalized spacial score (nSPS) is 11.1. The van der Waals surface area contributed by atoms with E-state index >= 15 is 0 Å². The predicted octanol–water partition coefficient (Wildman–Crippen LogP) is 2.79. The van der Waals surface area contributed by atoms with Gasteiger partial charge >= 0.3 is 0 Å². The van der Waals surface area contributed by atoms with Crippen molar-refractivity contribution in [2.24, 2.45) is 4.99 Å². The van der Waals surface area contributed by atoms with Crippen LogP contribution >= 0.6 is 11.6 Å². The number of hydrogen-bond acceptors (Lipinski definition) is 3. The number of ether oxygens (including phenoxy) is 1. The van der Waals surface area contributed by atoms with Gasteiger partial charge in [0.25, 0.3) is 5.91 Å². The quantitative estimate of drug-likeness (QED) is 0.360. The minimum atomic E-state index is -0.132. The fourth-order valence-electron chi connectivity index (χ4n) is 2.70. The van der Waals surface area contributed by atoms with Crippen LogP contribution in [-0.4, -0.2) is 45.7 Å². The Morgan fingerprint density at radius 1 is 1.04 bits per heavy atom. The molecule has 0 heterocycles. The molecule has 3 N–H and O–H groups in total. The third-order valence-corrected chi connectivity index (χ3v) is 4.41. The van der Waals surface area contributed by atoms with Crippen molar-refractivity contribution in [3.8, 4) is 5.75 Å². The molecule has 150 valence electrons. The van der Waals surface area contributed by atoms with Gasteiger partial charge in [-0.1, -0.05) is 29.3 Å². The van der Waals surface area contributed by atoms with Crippen LogP contribution in [0, 0.1) is 6.92 Å². The Labute approximate surface area is 171 Å². The highest BCUT2D eigenvalue weighted by Crippen LogP contribution is 2.19. The molecule has 0 spiro atoms.